The number of aryl methyl sites for hydroxylation is 1. The van der Waals surface area contributed by atoms with E-state index in [0.717, 1.165) is 12.0 Å². The van der Waals surface area contributed by atoms with E-state index in [9.17, 15) is 14.4 Å². The van der Waals surface area contributed by atoms with E-state index in [0.29, 0.717) is 25.2 Å². The molecule has 148 valence electrons. The van der Waals surface area contributed by atoms with E-state index < -0.39 is 0 Å². The first kappa shape index (κ1) is 19.7. The number of nitrogens with one attached hydrogen (secondary N) is 1. The highest BCUT2D eigenvalue weighted by atomic mass is 16.3. The van der Waals surface area contributed by atoms with E-state index in [2.05, 4.69) is 5.32 Å². The summed E-state index contributed by atoms with van der Waals surface area (Å²) in [4.78, 5) is 40.5. The predicted octanol–water partition coefficient (Wildman–Crippen LogP) is 2.54. The topological polar surface area (TPSA) is 82.9 Å². The normalized spacial score (nSPS) is 16.5. The monoisotopic (exact) mass is 383 g/mol. The highest BCUT2D eigenvalue weighted by Crippen LogP contribution is 2.20. The number of rotatable bonds is 5. The van der Waals surface area contributed by atoms with Gasteiger partial charge in [0.05, 0.1) is 18.7 Å². The minimum atomic E-state index is -0.315. The summed E-state index contributed by atoms with van der Waals surface area (Å²) in [6.07, 6.45) is 2.90. The molecule has 0 unspecified atom stereocenters. The van der Waals surface area contributed by atoms with Crippen LogP contribution in [-0.4, -0.2) is 54.2 Å². The number of furan rings is 1. The fourth-order valence-corrected chi connectivity index (χ4v) is 3.36. The summed E-state index contributed by atoms with van der Waals surface area (Å²) in [5, 5.41) is 2.79. The van der Waals surface area contributed by atoms with Crippen molar-refractivity contribution in [1.29, 1.82) is 0 Å². The third kappa shape index (κ3) is 4.79. The van der Waals surface area contributed by atoms with Gasteiger partial charge in [0.2, 0.25) is 11.8 Å². The minimum absolute atomic E-state index is 0.0324. The Balaban J connectivity index is 1.54. The van der Waals surface area contributed by atoms with Crippen LogP contribution in [0.4, 0.5) is 5.69 Å². The molecule has 2 heterocycles. The van der Waals surface area contributed by atoms with Crippen molar-refractivity contribution in [2.24, 2.45) is 5.92 Å². The first-order valence-corrected chi connectivity index (χ1v) is 9.38. The molecule has 1 atom stereocenters. The van der Waals surface area contributed by atoms with Crippen molar-refractivity contribution in [3.8, 4) is 0 Å². The molecule has 0 radical (unpaired) electrons. The Kier molecular flexibility index (Phi) is 6.13. The summed E-state index contributed by atoms with van der Waals surface area (Å²) >= 11 is 0. The van der Waals surface area contributed by atoms with Crippen molar-refractivity contribution in [3.05, 3.63) is 54.0 Å². The van der Waals surface area contributed by atoms with Gasteiger partial charge in [-0.1, -0.05) is 17.7 Å². The molecule has 3 rings (SSSR count). The Morgan fingerprint density at radius 1 is 1.21 bits per heavy atom. The maximum atomic E-state index is 12.8. The molecule has 3 amide bonds. The molecule has 0 bridgehead atoms. The van der Waals surface area contributed by atoms with Crippen LogP contribution < -0.4 is 5.32 Å². The van der Waals surface area contributed by atoms with Gasteiger partial charge in [-0.2, -0.15) is 0 Å². The number of benzene rings is 1. The van der Waals surface area contributed by atoms with E-state index in [-0.39, 0.29) is 35.9 Å². The van der Waals surface area contributed by atoms with Gasteiger partial charge in [-0.15, -0.1) is 0 Å². The van der Waals surface area contributed by atoms with Crippen LogP contribution in [0.2, 0.25) is 0 Å². The maximum Gasteiger partial charge on any atom is 0.289 e. The predicted molar refractivity (Wildman–Crippen MR) is 105 cm³/mol. The van der Waals surface area contributed by atoms with Gasteiger partial charge in [-0.05, 0) is 44.0 Å². The van der Waals surface area contributed by atoms with Crippen molar-refractivity contribution in [3.63, 3.8) is 0 Å². The fourth-order valence-electron chi connectivity index (χ4n) is 3.36. The zero-order valence-corrected chi connectivity index (χ0v) is 16.2. The molecule has 28 heavy (non-hydrogen) atoms. The number of amides is 3. The largest absolute Gasteiger partial charge is 0.459 e. The average Bonchev–Trinajstić information content (AvgIpc) is 3.23. The van der Waals surface area contributed by atoms with Crippen LogP contribution >= 0.6 is 0 Å². The van der Waals surface area contributed by atoms with Crippen molar-refractivity contribution < 1.29 is 18.8 Å². The molecule has 1 fully saturated rings. The molecule has 2 aromatic rings. The number of likely N-dealkylation sites (N-methyl/N-ethyl adjacent to an activating group) is 1. The third-order valence-corrected chi connectivity index (χ3v) is 4.88. The Labute approximate surface area is 164 Å². The number of anilines is 1. The Morgan fingerprint density at radius 2 is 1.96 bits per heavy atom. The lowest BCUT2D eigenvalue weighted by Crippen LogP contribution is -2.47. The van der Waals surface area contributed by atoms with E-state index in [1.165, 1.54) is 11.2 Å². The fraction of sp³-hybridized carbons (Fsp3) is 0.381. The van der Waals surface area contributed by atoms with Crippen molar-refractivity contribution >= 4 is 23.4 Å². The quantitative estimate of drug-likeness (QED) is 0.860. The van der Waals surface area contributed by atoms with E-state index in [1.807, 2.05) is 31.2 Å². The summed E-state index contributed by atoms with van der Waals surface area (Å²) in [5.74, 6) is -0.624. The van der Waals surface area contributed by atoms with Gasteiger partial charge in [0.25, 0.3) is 5.91 Å². The number of piperidine rings is 1. The molecule has 1 aromatic carbocycles. The second-order valence-corrected chi connectivity index (χ2v) is 7.18. The minimum Gasteiger partial charge on any atom is -0.459 e. The van der Waals surface area contributed by atoms with Gasteiger partial charge in [-0.25, -0.2) is 0 Å². The number of carbonyl (C=O) groups excluding carboxylic acids is 3. The van der Waals surface area contributed by atoms with Crippen LogP contribution in [0.3, 0.4) is 0 Å². The van der Waals surface area contributed by atoms with Gasteiger partial charge in [-0.3, -0.25) is 14.4 Å². The van der Waals surface area contributed by atoms with Gasteiger partial charge in [0.1, 0.15) is 0 Å². The van der Waals surface area contributed by atoms with Crippen LogP contribution in [0.15, 0.2) is 47.1 Å². The molecule has 7 nitrogen and oxygen atoms in total. The number of hydrogen-bond donors (Lipinski definition) is 1. The van der Waals surface area contributed by atoms with Crippen LogP contribution in [-0.2, 0) is 9.59 Å². The molecule has 1 aliphatic rings. The van der Waals surface area contributed by atoms with Crippen molar-refractivity contribution in [2.45, 2.75) is 19.8 Å². The Morgan fingerprint density at radius 3 is 2.64 bits per heavy atom. The van der Waals surface area contributed by atoms with Crippen LogP contribution in [0.25, 0.3) is 0 Å². The maximum absolute atomic E-state index is 12.8. The lowest BCUT2D eigenvalue weighted by Gasteiger charge is -2.33. The number of carbonyl (C=O) groups is 3. The standard InChI is InChI=1S/C21H25N3O4/c1-15-7-9-17(10-8-15)22-19(25)14-23(2)20(26)16-5-3-11-24(13-16)21(27)18-6-4-12-28-18/h4,6-10,12,16H,3,5,11,13-14H2,1-2H3,(H,22,25)/t16-/m1/s1. The van der Waals surface area contributed by atoms with E-state index >= 15 is 0 Å². The molecule has 0 spiro atoms. The van der Waals surface area contributed by atoms with Gasteiger partial charge >= 0.3 is 0 Å². The molecule has 0 aliphatic carbocycles. The van der Waals surface area contributed by atoms with Gasteiger partial charge in [0, 0.05) is 25.8 Å². The molecule has 0 saturated carbocycles. The summed E-state index contributed by atoms with van der Waals surface area (Å²) in [5.41, 5.74) is 1.81. The van der Waals surface area contributed by atoms with Crippen molar-refractivity contribution in [2.75, 3.05) is 32.0 Å². The van der Waals surface area contributed by atoms with Gasteiger partial charge < -0.3 is 19.5 Å². The van der Waals surface area contributed by atoms with Crippen molar-refractivity contribution in [1.82, 2.24) is 9.80 Å². The highest BCUT2D eigenvalue weighted by Gasteiger charge is 2.31. The lowest BCUT2D eigenvalue weighted by atomic mass is 9.96. The van der Waals surface area contributed by atoms with Gasteiger partial charge in [0.15, 0.2) is 5.76 Å². The molecular formula is C21H25N3O4. The summed E-state index contributed by atoms with van der Waals surface area (Å²) in [7, 11) is 1.62. The zero-order valence-electron chi connectivity index (χ0n) is 16.2. The van der Waals surface area contributed by atoms with Crippen LogP contribution in [0.5, 0.6) is 0 Å². The van der Waals surface area contributed by atoms with Crippen LogP contribution in [0, 0.1) is 12.8 Å². The average molecular weight is 383 g/mol. The Bertz CT molecular complexity index is 830. The number of likely N-dealkylation sites (tertiary alicyclic amines) is 1. The first-order chi connectivity index (χ1) is 13.4. The first-order valence-electron chi connectivity index (χ1n) is 9.38. The van der Waals surface area contributed by atoms with E-state index in [1.54, 1.807) is 24.1 Å². The molecule has 1 N–H and O–H groups in total. The number of hydrogen-bond acceptors (Lipinski definition) is 4. The van der Waals surface area contributed by atoms with Crippen LogP contribution in [0.1, 0.15) is 29.0 Å². The summed E-state index contributed by atoms with van der Waals surface area (Å²) < 4.78 is 5.17. The molecule has 1 aromatic heterocycles. The Hall–Kier alpha value is -3.09. The summed E-state index contributed by atoms with van der Waals surface area (Å²) in [6, 6.07) is 10.8. The van der Waals surface area contributed by atoms with E-state index in [4.69, 9.17) is 4.42 Å². The molecule has 1 aliphatic heterocycles. The second kappa shape index (κ2) is 8.73. The number of nitrogens with zero attached hydrogens (tertiary/aromatic N) is 2. The zero-order chi connectivity index (χ0) is 20.1. The summed E-state index contributed by atoms with van der Waals surface area (Å²) in [6.45, 7) is 2.88. The molecular weight excluding hydrogens is 358 g/mol. The highest BCUT2D eigenvalue weighted by molar-refractivity contribution is 5.95. The second-order valence-electron chi connectivity index (χ2n) is 7.18. The smallest absolute Gasteiger partial charge is 0.289 e. The lowest BCUT2D eigenvalue weighted by molar-refractivity contribution is -0.138. The molecule has 1 saturated heterocycles. The third-order valence-electron chi connectivity index (χ3n) is 4.88. The SMILES string of the molecule is Cc1ccc(NC(=O)CN(C)C(=O)[C@@H]2CCCN(C(=O)c3ccco3)C2)cc1. The molecule has 7 heteroatoms.